The van der Waals surface area contributed by atoms with Crippen molar-refractivity contribution in [3.05, 3.63) is 11.7 Å². The lowest BCUT2D eigenvalue weighted by molar-refractivity contribution is -0.143. The summed E-state index contributed by atoms with van der Waals surface area (Å²) in [4.78, 5) is 15.6. The Labute approximate surface area is 101 Å². The Kier molecular flexibility index (Phi) is 5.09. The predicted octanol–water partition coefficient (Wildman–Crippen LogP) is 1.06. The maximum Gasteiger partial charge on any atom is 0.322 e. The first kappa shape index (κ1) is 13.6. The van der Waals surface area contributed by atoms with Crippen molar-refractivity contribution in [3.63, 3.8) is 0 Å². The lowest BCUT2D eigenvalue weighted by Gasteiger charge is -2.17. The van der Waals surface area contributed by atoms with E-state index in [4.69, 9.17) is 9.26 Å². The number of aromatic nitrogens is 2. The van der Waals surface area contributed by atoms with Crippen LogP contribution in [-0.4, -0.2) is 29.3 Å². The number of carbonyl (C=O) groups excluding carboxylic acids is 1. The summed E-state index contributed by atoms with van der Waals surface area (Å²) in [6, 6.07) is -0.341. The van der Waals surface area contributed by atoms with Gasteiger partial charge in [0.1, 0.15) is 6.04 Å². The van der Waals surface area contributed by atoms with Crippen LogP contribution in [0.15, 0.2) is 4.52 Å². The third-order valence-electron chi connectivity index (χ3n) is 2.26. The molecule has 96 valence electrons. The molecule has 17 heavy (non-hydrogen) atoms. The highest BCUT2D eigenvalue weighted by atomic mass is 16.5. The van der Waals surface area contributed by atoms with E-state index in [9.17, 15) is 4.79 Å². The zero-order valence-electron chi connectivity index (χ0n) is 10.7. The number of nitrogens with zero attached hydrogens (tertiary/aromatic N) is 2. The molecule has 6 heteroatoms. The Morgan fingerprint density at radius 2 is 2.24 bits per heavy atom. The van der Waals surface area contributed by atoms with Crippen LogP contribution in [0.25, 0.3) is 0 Å². The van der Waals surface area contributed by atoms with Gasteiger partial charge in [-0.2, -0.15) is 4.98 Å². The van der Waals surface area contributed by atoms with Gasteiger partial charge in [-0.1, -0.05) is 19.0 Å². The number of methoxy groups -OCH3 is 1. The van der Waals surface area contributed by atoms with E-state index in [1.54, 1.807) is 6.92 Å². The van der Waals surface area contributed by atoms with E-state index in [1.807, 2.05) is 0 Å². The highest BCUT2D eigenvalue weighted by molar-refractivity contribution is 5.75. The topological polar surface area (TPSA) is 77.2 Å². The highest BCUT2D eigenvalue weighted by Crippen LogP contribution is 2.07. The van der Waals surface area contributed by atoms with Gasteiger partial charge in [-0.05, 0) is 19.3 Å². The molecule has 1 rings (SSSR count). The first-order chi connectivity index (χ1) is 8.02. The largest absolute Gasteiger partial charge is 0.468 e. The molecular formula is C11H19N3O3. The maximum atomic E-state index is 11.5. The van der Waals surface area contributed by atoms with Gasteiger partial charge in [0.15, 0.2) is 5.82 Å². The van der Waals surface area contributed by atoms with Crippen molar-refractivity contribution < 1.29 is 14.1 Å². The minimum atomic E-state index is -0.341. The molecule has 1 unspecified atom stereocenters. The lowest BCUT2D eigenvalue weighted by atomic mass is 10.0. The first-order valence-corrected chi connectivity index (χ1v) is 5.63. The number of hydrogen-bond acceptors (Lipinski definition) is 6. The fourth-order valence-electron chi connectivity index (χ4n) is 1.50. The first-order valence-electron chi connectivity index (χ1n) is 5.63. The van der Waals surface area contributed by atoms with Crippen LogP contribution in [-0.2, 0) is 16.1 Å². The minimum absolute atomic E-state index is 0.269. The summed E-state index contributed by atoms with van der Waals surface area (Å²) in [5.74, 6) is 1.19. The average Bonchev–Trinajstić information content (AvgIpc) is 2.68. The number of hydrogen-bond donors (Lipinski definition) is 1. The molecule has 0 aromatic carbocycles. The number of nitrogens with one attached hydrogen (secondary N) is 1. The summed E-state index contributed by atoms with van der Waals surface area (Å²) in [5, 5.41) is 6.74. The normalized spacial score (nSPS) is 12.8. The minimum Gasteiger partial charge on any atom is -0.468 e. The molecule has 6 nitrogen and oxygen atoms in total. The van der Waals surface area contributed by atoms with E-state index in [0.29, 0.717) is 30.6 Å². The Morgan fingerprint density at radius 3 is 2.71 bits per heavy atom. The van der Waals surface area contributed by atoms with Gasteiger partial charge in [0.25, 0.3) is 0 Å². The molecule has 0 aliphatic heterocycles. The summed E-state index contributed by atoms with van der Waals surface area (Å²) in [6.07, 6.45) is 0.708. The van der Waals surface area contributed by atoms with E-state index in [2.05, 4.69) is 29.3 Å². The fraction of sp³-hybridized carbons (Fsp3) is 0.727. The van der Waals surface area contributed by atoms with Gasteiger partial charge in [-0.3, -0.25) is 10.1 Å². The van der Waals surface area contributed by atoms with Crippen LogP contribution in [0.1, 0.15) is 32.0 Å². The molecule has 0 amide bonds. The van der Waals surface area contributed by atoms with E-state index in [0.717, 1.165) is 0 Å². The van der Waals surface area contributed by atoms with E-state index in [-0.39, 0.29) is 12.0 Å². The van der Waals surface area contributed by atoms with Crippen LogP contribution in [0.5, 0.6) is 0 Å². The van der Waals surface area contributed by atoms with Gasteiger partial charge in [-0.25, -0.2) is 0 Å². The molecule has 0 radical (unpaired) electrons. The zero-order valence-corrected chi connectivity index (χ0v) is 10.7. The molecule has 0 aliphatic carbocycles. The molecule has 1 atom stereocenters. The van der Waals surface area contributed by atoms with E-state index < -0.39 is 0 Å². The van der Waals surface area contributed by atoms with Gasteiger partial charge in [-0.15, -0.1) is 0 Å². The van der Waals surface area contributed by atoms with Crippen LogP contribution < -0.4 is 5.32 Å². The second-order valence-corrected chi connectivity index (χ2v) is 4.32. The van der Waals surface area contributed by atoms with Crippen molar-refractivity contribution in [3.8, 4) is 0 Å². The molecule has 1 aromatic heterocycles. The Hall–Kier alpha value is -1.43. The number of esters is 1. The van der Waals surface area contributed by atoms with Crippen LogP contribution >= 0.6 is 0 Å². The van der Waals surface area contributed by atoms with Gasteiger partial charge in [0, 0.05) is 0 Å². The third kappa shape index (κ3) is 4.52. The van der Waals surface area contributed by atoms with Crippen LogP contribution in [0.3, 0.4) is 0 Å². The maximum absolute atomic E-state index is 11.5. The van der Waals surface area contributed by atoms with Crippen molar-refractivity contribution in [1.82, 2.24) is 15.5 Å². The molecule has 1 heterocycles. The van der Waals surface area contributed by atoms with E-state index >= 15 is 0 Å². The molecule has 0 saturated carbocycles. The summed E-state index contributed by atoms with van der Waals surface area (Å²) < 4.78 is 9.70. The Morgan fingerprint density at radius 1 is 1.53 bits per heavy atom. The Balaban J connectivity index is 2.51. The quantitative estimate of drug-likeness (QED) is 0.750. The van der Waals surface area contributed by atoms with Gasteiger partial charge < -0.3 is 9.26 Å². The zero-order chi connectivity index (χ0) is 12.8. The second-order valence-electron chi connectivity index (χ2n) is 4.32. The highest BCUT2D eigenvalue weighted by Gasteiger charge is 2.20. The summed E-state index contributed by atoms with van der Waals surface area (Å²) in [6.45, 7) is 6.22. The number of ether oxygens (including phenoxy) is 1. The SMILES string of the molecule is COC(=O)C(CC(C)C)NCc1nc(C)no1. The lowest BCUT2D eigenvalue weighted by Crippen LogP contribution is -2.38. The molecule has 0 bridgehead atoms. The van der Waals surface area contributed by atoms with Crippen LogP contribution in [0.4, 0.5) is 0 Å². The fourth-order valence-corrected chi connectivity index (χ4v) is 1.50. The predicted molar refractivity (Wildman–Crippen MR) is 61.1 cm³/mol. The van der Waals surface area contributed by atoms with Crippen molar-refractivity contribution in [1.29, 1.82) is 0 Å². The van der Waals surface area contributed by atoms with Gasteiger partial charge in [0.05, 0.1) is 13.7 Å². The molecule has 0 spiro atoms. The van der Waals surface area contributed by atoms with Crippen LogP contribution in [0, 0.1) is 12.8 Å². The third-order valence-corrected chi connectivity index (χ3v) is 2.26. The summed E-state index contributed by atoms with van der Waals surface area (Å²) in [5.41, 5.74) is 0. The van der Waals surface area contributed by atoms with Crippen molar-refractivity contribution in [2.24, 2.45) is 5.92 Å². The number of aryl methyl sites for hydroxylation is 1. The standard InChI is InChI=1S/C11H19N3O3/c1-7(2)5-9(11(15)16-4)12-6-10-13-8(3)14-17-10/h7,9,12H,5-6H2,1-4H3. The average molecular weight is 241 g/mol. The van der Waals surface area contributed by atoms with E-state index in [1.165, 1.54) is 7.11 Å². The van der Waals surface area contributed by atoms with Gasteiger partial charge in [0.2, 0.25) is 5.89 Å². The molecular weight excluding hydrogens is 222 g/mol. The van der Waals surface area contributed by atoms with Crippen LogP contribution in [0.2, 0.25) is 0 Å². The second kappa shape index (κ2) is 6.34. The monoisotopic (exact) mass is 241 g/mol. The van der Waals surface area contributed by atoms with Crippen molar-refractivity contribution >= 4 is 5.97 Å². The molecule has 1 aromatic rings. The number of rotatable bonds is 6. The molecule has 0 saturated heterocycles. The van der Waals surface area contributed by atoms with Crippen molar-refractivity contribution in [2.75, 3.05) is 7.11 Å². The van der Waals surface area contributed by atoms with Crippen molar-refractivity contribution in [2.45, 2.75) is 39.8 Å². The van der Waals surface area contributed by atoms with Gasteiger partial charge >= 0.3 is 5.97 Å². The summed E-state index contributed by atoms with van der Waals surface area (Å²) >= 11 is 0. The molecule has 0 fully saturated rings. The Bertz CT molecular complexity index is 363. The molecule has 1 N–H and O–H groups in total. The smallest absolute Gasteiger partial charge is 0.322 e. The molecule has 0 aliphatic rings. The summed E-state index contributed by atoms with van der Waals surface area (Å²) in [7, 11) is 1.38. The number of carbonyl (C=O) groups is 1.